The number of ketones is 1. The molecule has 4 nitrogen and oxygen atoms in total. The molecule has 1 aromatic carbocycles. The van der Waals surface area contributed by atoms with Crippen LogP contribution in [0.15, 0.2) is 29.8 Å². The van der Waals surface area contributed by atoms with E-state index in [0.29, 0.717) is 18.2 Å². The number of aromatic nitrogens is 2. The van der Waals surface area contributed by atoms with Gasteiger partial charge in [-0.1, -0.05) is 18.9 Å². The third-order valence-electron chi connectivity index (χ3n) is 6.42. The van der Waals surface area contributed by atoms with Crippen LogP contribution in [0.5, 0.6) is 5.75 Å². The van der Waals surface area contributed by atoms with Crippen molar-refractivity contribution < 1.29 is 9.53 Å². The SMILES string of the molecule is COc1ccc(/C=C2\CC[C@H](C3CCCC3)C2=O)cc1Cn1nc(C)cc1C. The van der Waals surface area contributed by atoms with Gasteiger partial charge in [0.2, 0.25) is 0 Å². The van der Waals surface area contributed by atoms with Gasteiger partial charge in [0.25, 0.3) is 0 Å². The molecular formula is C24H30N2O2. The van der Waals surface area contributed by atoms with Gasteiger partial charge in [0.15, 0.2) is 5.78 Å². The predicted molar refractivity (Wildman–Crippen MR) is 111 cm³/mol. The van der Waals surface area contributed by atoms with Gasteiger partial charge in [-0.15, -0.1) is 0 Å². The van der Waals surface area contributed by atoms with E-state index in [1.54, 1.807) is 7.11 Å². The molecule has 0 bridgehead atoms. The molecule has 2 saturated carbocycles. The highest BCUT2D eigenvalue weighted by atomic mass is 16.5. The fraction of sp³-hybridized carbons (Fsp3) is 0.500. The Morgan fingerprint density at radius 1 is 1.18 bits per heavy atom. The Kier molecular flexibility index (Phi) is 5.38. The van der Waals surface area contributed by atoms with E-state index in [-0.39, 0.29) is 5.92 Å². The largest absolute Gasteiger partial charge is 0.496 e. The molecular weight excluding hydrogens is 348 g/mol. The number of hydrogen-bond acceptors (Lipinski definition) is 3. The fourth-order valence-corrected chi connectivity index (χ4v) is 4.97. The van der Waals surface area contributed by atoms with Crippen molar-refractivity contribution in [3.05, 3.63) is 52.4 Å². The normalized spacial score (nSPS) is 21.8. The number of Topliss-reactive ketones (excluding diaryl/α,β-unsaturated/α-hetero) is 1. The molecule has 4 heteroatoms. The molecule has 1 heterocycles. The van der Waals surface area contributed by atoms with Crippen LogP contribution in [0, 0.1) is 25.7 Å². The summed E-state index contributed by atoms with van der Waals surface area (Å²) in [5.41, 5.74) is 5.31. The van der Waals surface area contributed by atoms with E-state index < -0.39 is 0 Å². The quantitative estimate of drug-likeness (QED) is 0.679. The molecule has 2 aliphatic rings. The number of ether oxygens (including phenoxy) is 1. The first kappa shape index (κ1) is 19.0. The average Bonchev–Trinajstić information content (AvgIpc) is 3.38. The zero-order valence-electron chi connectivity index (χ0n) is 17.2. The topological polar surface area (TPSA) is 44.1 Å². The number of rotatable bonds is 5. The van der Waals surface area contributed by atoms with E-state index in [0.717, 1.165) is 46.7 Å². The van der Waals surface area contributed by atoms with E-state index in [4.69, 9.17) is 4.74 Å². The van der Waals surface area contributed by atoms with Crippen molar-refractivity contribution in [2.24, 2.45) is 11.8 Å². The van der Waals surface area contributed by atoms with Crippen LogP contribution in [0.25, 0.3) is 6.08 Å². The summed E-state index contributed by atoms with van der Waals surface area (Å²) >= 11 is 0. The van der Waals surface area contributed by atoms with E-state index in [1.807, 2.05) is 23.7 Å². The molecule has 1 aromatic heterocycles. The summed E-state index contributed by atoms with van der Waals surface area (Å²) in [7, 11) is 1.70. The minimum absolute atomic E-state index is 0.265. The molecule has 0 spiro atoms. The van der Waals surface area contributed by atoms with Crippen molar-refractivity contribution in [2.75, 3.05) is 7.11 Å². The number of benzene rings is 1. The second kappa shape index (κ2) is 7.94. The zero-order valence-corrected chi connectivity index (χ0v) is 17.2. The van der Waals surface area contributed by atoms with Crippen molar-refractivity contribution in [1.82, 2.24) is 9.78 Å². The highest BCUT2D eigenvalue weighted by molar-refractivity contribution is 6.03. The molecule has 148 valence electrons. The number of methoxy groups -OCH3 is 1. The van der Waals surface area contributed by atoms with Gasteiger partial charge in [0, 0.05) is 17.2 Å². The number of carbonyl (C=O) groups is 1. The Morgan fingerprint density at radius 2 is 1.96 bits per heavy atom. The van der Waals surface area contributed by atoms with E-state index in [1.165, 1.54) is 25.7 Å². The maximum Gasteiger partial charge on any atom is 0.162 e. The average molecular weight is 379 g/mol. The lowest BCUT2D eigenvalue weighted by atomic mass is 9.88. The highest BCUT2D eigenvalue weighted by Crippen LogP contribution is 2.41. The summed E-state index contributed by atoms with van der Waals surface area (Å²) in [5, 5.41) is 4.57. The van der Waals surface area contributed by atoms with Crippen molar-refractivity contribution in [3.63, 3.8) is 0 Å². The van der Waals surface area contributed by atoms with Crippen molar-refractivity contribution in [1.29, 1.82) is 0 Å². The number of aryl methyl sites for hydroxylation is 2. The van der Waals surface area contributed by atoms with Gasteiger partial charge < -0.3 is 4.74 Å². The van der Waals surface area contributed by atoms with Crippen LogP contribution in [0.1, 0.15) is 61.0 Å². The van der Waals surface area contributed by atoms with Gasteiger partial charge in [0.1, 0.15) is 5.75 Å². The molecule has 2 fully saturated rings. The van der Waals surface area contributed by atoms with Crippen molar-refractivity contribution in [3.8, 4) is 5.75 Å². The molecule has 2 aliphatic carbocycles. The summed E-state index contributed by atoms with van der Waals surface area (Å²) < 4.78 is 7.57. The highest BCUT2D eigenvalue weighted by Gasteiger charge is 2.36. The lowest BCUT2D eigenvalue weighted by Gasteiger charge is -2.15. The Bertz CT molecular complexity index is 903. The first-order valence-electron chi connectivity index (χ1n) is 10.5. The summed E-state index contributed by atoms with van der Waals surface area (Å²) in [6, 6.07) is 8.27. The molecule has 0 saturated heterocycles. The van der Waals surface area contributed by atoms with Crippen LogP contribution < -0.4 is 4.74 Å². The molecule has 0 unspecified atom stereocenters. The van der Waals surface area contributed by atoms with Crippen LogP contribution in [-0.4, -0.2) is 22.7 Å². The van der Waals surface area contributed by atoms with Gasteiger partial charge in [-0.05, 0) is 80.9 Å². The third-order valence-corrected chi connectivity index (χ3v) is 6.42. The predicted octanol–water partition coefficient (Wildman–Crippen LogP) is 5.11. The first-order valence-corrected chi connectivity index (χ1v) is 10.5. The van der Waals surface area contributed by atoms with Crippen LogP contribution in [-0.2, 0) is 11.3 Å². The van der Waals surface area contributed by atoms with Crippen LogP contribution in [0.3, 0.4) is 0 Å². The molecule has 28 heavy (non-hydrogen) atoms. The molecule has 0 aliphatic heterocycles. The fourth-order valence-electron chi connectivity index (χ4n) is 4.97. The molecule has 0 amide bonds. The first-order chi connectivity index (χ1) is 13.5. The monoisotopic (exact) mass is 378 g/mol. The minimum atomic E-state index is 0.265. The number of hydrogen-bond donors (Lipinski definition) is 0. The van der Waals surface area contributed by atoms with E-state index in [9.17, 15) is 4.79 Å². The summed E-state index contributed by atoms with van der Waals surface area (Å²) in [5.74, 6) is 2.14. The van der Waals surface area contributed by atoms with Gasteiger partial charge in [0.05, 0.1) is 19.3 Å². The minimum Gasteiger partial charge on any atom is -0.496 e. The zero-order chi connectivity index (χ0) is 19.7. The number of allylic oxidation sites excluding steroid dienone is 1. The maximum absolute atomic E-state index is 12.9. The second-order valence-corrected chi connectivity index (χ2v) is 8.38. The maximum atomic E-state index is 12.9. The van der Waals surface area contributed by atoms with Gasteiger partial charge >= 0.3 is 0 Å². The van der Waals surface area contributed by atoms with Crippen LogP contribution >= 0.6 is 0 Å². The molecule has 1 atom stereocenters. The van der Waals surface area contributed by atoms with Gasteiger partial charge in [-0.25, -0.2) is 0 Å². The van der Waals surface area contributed by atoms with Crippen LogP contribution in [0.4, 0.5) is 0 Å². The van der Waals surface area contributed by atoms with Crippen molar-refractivity contribution >= 4 is 11.9 Å². The Hall–Kier alpha value is -2.36. The summed E-state index contributed by atoms with van der Waals surface area (Å²) in [6.45, 7) is 4.74. The lowest BCUT2D eigenvalue weighted by Crippen LogP contribution is -2.16. The smallest absolute Gasteiger partial charge is 0.162 e. The third kappa shape index (κ3) is 3.78. The molecule has 4 rings (SSSR count). The molecule has 0 radical (unpaired) electrons. The van der Waals surface area contributed by atoms with Crippen molar-refractivity contribution in [2.45, 2.75) is 58.9 Å². The molecule has 2 aromatic rings. The van der Waals surface area contributed by atoms with Gasteiger partial charge in [-0.2, -0.15) is 5.10 Å². The molecule has 0 N–H and O–H groups in total. The van der Waals surface area contributed by atoms with E-state index >= 15 is 0 Å². The van der Waals surface area contributed by atoms with E-state index in [2.05, 4.69) is 30.2 Å². The summed E-state index contributed by atoms with van der Waals surface area (Å²) in [6.07, 6.45) is 9.10. The van der Waals surface area contributed by atoms with Gasteiger partial charge in [-0.3, -0.25) is 9.48 Å². The number of carbonyl (C=O) groups excluding carboxylic acids is 1. The summed E-state index contributed by atoms with van der Waals surface area (Å²) in [4.78, 5) is 12.9. The standard InChI is InChI=1S/C24H30N2O2/c1-16-12-17(2)26(25-16)15-21-14-18(8-11-23(21)28-3)13-20-9-10-22(24(20)27)19-6-4-5-7-19/h8,11-14,19,22H,4-7,9-10,15H2,1-3H3/b20-13+/t22-/m1/s1. The lowest BCUT2D eigenvalue weighted by molar-refractivity contribution is -0.119. The second-order valence-electron chi connectivity index (χ2n) is 8.38. The van der Waals surface area contributed by atoms with Crippen LogP contribution in [0.2, 0.25) is 0 Å². The number of nitrogens with zero attached hydrogens (tertiary/aromatic N) is 2. The Balaban J connectivity index is 1.57. The Labute approximate surface area is 167 Å². The Morgan fingerprint density at radius 3 is 2.64 bits per heavy atom.